The number of methoxy groups -OCH3 is 1. The zero-order valence-corrected chi connectivity index (χ0v) is 11.2. The van der Waals surface area contributed by atoms with Crippen LogP contribution in [0.3, 0.4) is 0 Å². The Kier molecular flexibility index (Phi) is 3.83. The van der Waals surface area contributed by atoms with E-state index in [0.717, 1.165) is 6.42 Å². The Labute approximate surface area is 103 Å². The van der Waals surface area contributed by atoms with Gasteiger partial charge in [-0.05, 0) is 46.1 Å². The highest BCUT2D eigenvalue weighted by Gasteiger charge is 2.35. The Morgan fingerprint density at radius 1 is 1.67 bits per heavy atom. The number of ether oxygens (including phenoxy) is 1. The summed E-state index contributed by atoms with van der Waals surface area (Å²) in [5, 5.41) is 2.09. The van der Waals surface area contributed by atoms with E-state index >= 15 is 0 Å². The fourth-order valence-electron chi connectivity index (χ4n) is 1.94. The smallest absolute Gasteiger partial charge is 0.0753 e. The standard InChI is InChI=1S/C11H16BrNOS/c1-14-11(7-2-3-7)9(13)6-10-8(12)4-5-15-10/h4-5,7,9,11H,2-3,6,13H2,1H3. The van der Waals surface area contributed by atoms with Crippen LogP contribution in [0.4, 0.5) is 0 Å². The van der Waals surface area contributed by atoms with Crippen molar-refractivity contribution in [1.29, 1.82) is 0 Å². The van der Waals surface area contributed by atoms with Gasteiger partial charge in [-0.15, -0.1) is 11.3 Å². The number of thiophene rings is 1. The fraction of sp³-hybridized carbons (Fsp3) is 0.636. The van der Waals surface area contributed by atoms with Crippen LogP contribution < -0.4 is 5.73 Å². The van der Waals surface area contributed by atoms with Crippen molar-refractivity contribution in [3.05, 3.63) is 20.8 Å². The van der Waals surface area contributed by atoms with Crippen molar-refractivity contribution in [1.82, 2.24) is 0 Å². The average molecular weight is 290 g/mol. The van der Waals surface area contributed by atoms with E-state index in [1.54, 1.807) is 18.4 Å². The minimum atomic E-state index is 0.123. The van der Waals surface area contributed by atoms with Crippen LogP contribution in [-0.2, 0) is 11.2 Å². The molecule has 4 heteroatoms. The monoisotopic (exact) mass is 289 g/mol. The molecule has 0 aromatic carbocycles. The highest BCUT2D eigenvalue weighted by Crippen LogP contribution is 2.36. The summed E-state index contributed by atoms with van der Waals surface area (Å²) in [5.41, 5.74) is 6.19. The van der Waals surface area contributed by atoms with Crippen LogP contribution in [0.25, 0.3) is 0 Å². The second-order valence-electron chi connectivity index (χ2n) is 4.10. The molecule has 1 heterocycles. The lowest BCUT2D eigenvalue weighted by molar-refractivity contribution is 0.0628. The average Bonchev–Trinajstić information content (AvgIpc) is 2.95. The molecule has 1 aromatic heterocycles. The predicted octanol–water partition coefficient (Wildman–Crippen LogP) is 2.81. The minimum Gasteiger partial charge on any atom is -0.380 e. The normalized spacial score (nSPS) is 20.2. The van der Waals surface area contributed by atoms with Gasteiger partial charge in [0.1, 0.15) is 0 Å². The number of hydrogen-bond acceptors (Lipinski definition) is 3. The van der Waals surface area contributed by atoms with E-state index < -0.39 is 0 Å². The first-order valence-corrected chi connectivity index (χ1v) is 6.90. The van der Waals surface area contributed by atoms with Crippen LogP contribution in [0, 0.1) is 5.92 Å². The lowest BCUT2D eigenvalue weighted by Gasteiger charge is -2.21. The molecule has 0 saturated heterocycles. The lowest BCUT2D eigenvalue weighted by Crippen LogP contribution is -2.39. The molecular formula is C11H16BrNOS. The molecule has 1 fully saturated rings. The maximum Gasteiger partial charge on any atom is 0.0753 e. The maximum absolute atomic E-state index is 6.19. The summed E-state index contributed by atoms with van der Waals surface area (Å²) in [6, 6.07) is 2.20. The van der Waals surface area contributed by atoms with Crippen LogP contribution in [0.1, 0.15) is 17.7 Å². The largest absolute Gasteiger partial charge is 0.380 e. The van der Waals surface area contributed by atoms with E-state index in [1.807, 2.05) is 0 Å². The van der Waals surface area contributed by atoms with Gasteiger partial charge in [-0.3, -0.25) is 0 Å². The van der Waals surface area contributed by atoms with Crippen LogP contribution in [0.5, 0.6) is 0 Å². The SMILES string of the molecule is COC(C(N)Cc1sccc1Br)C1CC1. The van der Waals surface area contributed by atoms with Gasteiger partial charge in [0.05, 0.1) is 6.10 Å². The zero-order chi connectivity index (χ0) is 10.8. The van der Waals surface area contributed by atoms with E-state index in [9.17, 15) is 0 Å². The molecule has 0 spiro atoms. The third-order valence-electron chi connectivity index (χ3n) is 2.89. The van der Waals surface area contributed by atoms with Crippen molar-refractivity contribution in [2.45, 2.75) is 31.4 Å². The van der Waals surface area contributed by atoms with Crippen LogP contribution in [0.2, 0.25) is 0 Å². The van der Waals surface area contributed by atoms with Crippen LogP contribution >= 0.6 is 27.3 Å². The first-order valence-electron chi connectivity index (χ1n) is 5.22. The molecule has 2 N–H and O–H groups in total. The van der Waals surface area contributed by atoms with Gasteiger partial charge in [-0.25, -0.2) is 0 Å². The van der Waals surface area contributed by atoms with E-state index in [0.29, 0.717) is 5.92 Å². The Morgan fingerprint density at radius 3 is 2.87 bits per heavy atom. The van der Waals surface area contributed by atoms with Crippen molar-refractivity contribution in [2.24, 2.45) is 11.7 Å². The molecule has 1 saturated carbocycles. The Morgan fingerprint density at radius 2 is 2.40 bits per heavy atom. The Balaban J connectivity index is 1.95. The third-order valence-corrected chi connectivity index (χ3v) is 4.84. The first-order chi connectivity index (χ1) is 7.22. The molecule has 2 atom stereocenters. The maximum atomic E-state index is 6.19. The van der Waals surface area contributed by atoms with E-state index in [2.05, 4.69) is 27.4 Å². The molecule has 0 radical (unpaired) electrons. The Bertz CT molecular complexity index is 324. The highest BCUT2D eigenvalue weighted by atomic mass is 79.9. The minimum absolute atomic E-state index is 0.123. The lowest BCUT2D eigenvalue weighted by atomic mass is 10.0. The molecular weight excluding hydrogens is 274 g/mol. The van der Waals surface area contributed by atoms with Crippen molar-refractivity contribution < 1.29 is 4.74 Å². The summed E-state index contributed by atoms with van der Waals surface area (Å²) in [4.78, 5) is 1.32. The molecule has 15 heavy (non-hydrogen) atoms. The number of nitrogens with two attached hydrogens (primary N) is 1. The summed E-state index contributed by atoms with van der Waals surface area (Å²) >= 11 is 5.29. The molecule has 1 aliphatic rings. The van der Waals surface area contributed by atoms with E-state index in [-0.39, 0.29) is 12.1 Å². The van der Waals surface area contributed by atoms with Crippen LogP contribution in [0.15, 0.2) is 15.9 Å². The molecule has 1 aliphatic carbocycles. The molecule has 0 aliphatic heterocycles. The zero-order valence-electron chi connectivity index (χ0n) is 8.78. The molecule has 2 unspecified atom stereocenters. The molecule has 2 rings (SSSR count). The second kappa shape index (κ2) is 4.95. The summed E-state index contributed by atoms with van der Waals surface area (Å²) in [6.07, 6.45) is 3.70. The van der Waals surface area contributed by atoms with E-state index in [1.165, 1.54) is 22.2 Å². The summed E-state index contributed by atoms with van der Waals surface area (Å²) in [6.45, 7) is 0. The molecule has 0 bridgehead atoms. The predicted molar refractivity (Wildman–Crippen MR) is 67.2 cm³/mol. The van der Waals surface area contributed by atoms with Gasteiger partial charge in [0, 0.05) is 28.9 Å². The summed E-state index contributed by atoms with van der Waals surface area (Å²) < 4.78 is 6.66. The summed E-state index contributed by atoms with van der Waals surface area (Å²) in [5.74, 6) is 0.698. The van der Waals surface area contributed by atoms with Crippen molar-refractivity contribution in [2.75, 3.05) is 7.11 Å². The topological polar surface area (TPSA) is 35.2 Å². The van der Waals surface area contributed by atoms with Crippen LogP contribution in [-0.4, -0.2) is 19.3 Å². The van der Waals surface area contributed by atoms with Gasteiger partial charge in [-0.2, -0.15) is 0 Å². The first kappa shape index (κ1) is 11.6. The number of halogens is 1. The molecule has 1 aromatic rings. The van der Waals surface area contributed by atoms with Crippen molar-refractivity contribution in [3.8, 4) is 0 Å². The van der Waals surface area contributed by atoms with Gasteiger partial charge in [-0.1, -0.05) is 0 Å². The molecule has 2 nitrogen and oxygen atoms in total. The molecule has 84 valence electrons. The van der Waals surface area contributed by atoms with Crippen molar-refractivity contribution >= 4 is 27.3 Å². The van der Waals surface area contributed by atoms with E-state index in [4.69, 9.17) is 10.5 Å². The number of rotatable bonds is 5. The molecule has 0 amide bonds. The highest BCUT2D eigenvalue weighted by molar-refractivity contribution is 9.10. The Hall–Kier alpha value is 0.100. The second-order valence-corrected chi connectivity index (χ2v) is 5.95. The third kappa shape index (κ3) is 2.81. The number of hydrogen-bond donors (Lipinski definition) is 1. The van der Waals surface area contributed by atoms with Gasteiger partial charge < -0.3 is 10.5 Å². The van der Waals surface area contributed by atoms with Gasteiger partial charge in [0.15, 0.2) is 0 Å². The fourth-order valence-corrected chi connectivity index (χ4v) is 3.53. The quantitative estimate of drug-likeness (QED) is 0.905. The van der Waals surface area contributed by atoms with Gasteiger partial charge in [0.2, 0.25) is 0 Å². The summed E-state index contributed by atoms with van der Waals surface area (Å²) in [7, 11) is 1.77. The van der Waals surface area contributed by atoms with Gasteiger partial charge in [0.25, 0.3) is 0 Å². The van der Waals surface area contributed by atoms with Gasteiger partial charge >= 0.3 is 0 Å². The van der Waals surface area contributed by atoms with Crippen molar-refractivity contribution in [3.63, 3.8) is 0 Å².